The maximum Gasteiger partial charge on any atom is 0.178 e. The summed E-state index contributed by atoms with van der Waals surface area (Å²) in [6.07, 6.45) is 21.9. The van der Waals surface area contributed by atoms with Crippen LogP contribution in [0.3, 0.4) is 0 Å². The molecule has 0 saturated heterocycles. The van der Waals surface area contributed by atoms with Crippen LogP contribution in [0.1, 0.15) is 119 Å². The van der Waals surface area contributed by atoms with Crippen LogP contribution in [-0.4, -0.2) is 52.2 Å². The van der Waals surface area contributed by atoms with Gasteiger partial charge in [-0.05, 0) is 6.42 Å². The fraction of sp³-hybridized carbons (Fsp3) is 0.556. The molecule has 0 aliphatic carbocycles. The Morgan fingerprint density at radius 2 is 1.29 bits per heavy atom. The molecule has 2 atom stereocenters. The third kappa shape index (κ3) is 25.3. The van der Waals surface area contributed by atoms with Gasteiger partial charge in [0.2, 0.25) is 0 Å². The van der Waals surface area contributed by atoms with E-state index in [1.54, 1.807) is 30.3 Å². The van der Waals surface area contributed by atoms with E-state index >= 15 is 0 Å². The number of thiocarbonyl (C=S) groups is 1. The van der Waals surface area contributed by atoms with Crippen LogP contribution < -0.4 is 11.1 Å². The predicted molar refractivity (Wildman–Crippen MR) is 193 cm³/mol. The number of hydrogen-bond donors (Lipinski definition) is 4. The Labute approximate surface area is 282 Å². The second kappa shape index (κ2) is 31.3. The minimum absolute atomic E-state index is 0.0297. The molecule has 0 radical (unpaired) electrons. The van der Waals surface area contributed by atoms with E-state index in [1.807, 2.05) is 30.3 Å². The minimum Gasteiger partial charge on any atom is -0.411 e. The molecule has 0 aliphatic rings. The molecule has 0 heterocycles. The van der Waals surface area contributed by atoms with Crippen LogP contribution in [0.2, 0.25) is 0 Å². The summed E-state index contributed by atoms with van der Waals surface area (Å²) < 4.78 is 0. The minimum atomic E-state index is -1.01. The van der Waals surface area contributed by atoms with Gasteiger partial charge in [-0.25, -0.2) is 0 Å². The maximum absolute atomic E-state index is 11.5. The van der Waals surface area contributed by atoms with Gasteiger partial charge >= 0.3 is 0 Å². The van der Waals surface area contributed by atoms with Crippen molar-refractivity contribution in [2.24, 2.45) is 16.8 Å². The molecule has 252 valence electrons. The fourth-order valence-electron chi connectivity index (χ4n) is 4.52. The Hall–Kier alpha value is -2.65. The summed E-state index contributed by atoms with van der Waals surface area (Å²) in [7, 11) is 0. The van der Waals surface area contributed by atoms with E-state index in [-0.39, 0.29) is 17.9 Å². The second-order valence-electron chi connectivity index (χ2n) is 11.0. The van der Waals surface area contributed by atoms with Crippen LogP contribution in [-0.2, 0) is 4.79 Å². The zero-order valence-corrected chi connectivity index (χ0v) is 28.7. The molecule has 0 bridgehead atoms. The Kier molecular flexibility index (Phi) is 29.5. The van der Waals surface area contributed by atoms with Crippen molar-refractivity contribution in [2.75, 3.05) is 13.3 Å². The highest BCUT2D eigenvalue weighted by Gasteiger charge is 2.16. The zero-order valence-electron chi connectivity index (χ0n) is 27.1. The number of hydrogen-bond acceptors (Lipinski definition) is 7. The molecule has 0 saturated carbocycles. The van der Waals surface area contributed by atoms with Crippen LogP contribution in [0, 0.1) is 5.92 Å². The number of alkyl halides is 1. The van der Waals surface area contributed by atoms with E-state index in [2.05, 4.69) is 17.4 Å². The quantitative estimate of drug-likeness (QED) is 0.00899. The van der Waals surface area contributed by atoms with Crippen LogP contribution in [0.15, 0.2) is 65.8 Å². The molecule has 5 N–H and O–H groups in total. The number of rotatable bonds is 23. The summed E-state index contributed by atoms with van der Waals surface area (Å²) in [6.45, 7) is 3.03. The molecule has 0 aromatic heterocycles. The molecular formula is C36H56ClN3O4S. The lowest BCUT2D eigenvalue weighted by molar-refractivity contribution is -0.108. The van der Waals surface area contributed by atoms with Gasteiger partial charge < -0.3 is 20.8 Å². The lowest BCUT2D eigenvalue weighted by Gasteiger charge is -2.09. The number of oxime groups is 1. The molecule has 2 aromatic carbocycles. The summed E-state index contributed by atoms with van der Waals surface area (Å²) in [6, 6.07) is 17.9. The highest BCUT2D eigenvalue weighted by Crippen LogP contribution is 2.14. The number of aliphatic hydroxyl groups excluding tert-OH is 1. The van der Waals surface area contributed by atoms with Crippen molar-refractivity contribution in [2.45, 2.75) is 109 Å². The molecule has 0 fully saturated rings. The zero-order chi connectivity index (χ0) is 33.4. The van der Waals surface area contributed by atoms with Crippen molar-refractivity contribution in [1.29, 1.82) is 0 Å². The van der Waals surface area contributed by atoms with Gasteiger partial charge in [0.1, 0.15) is 17.2 Å². The number of unbranched alkanes of at least 4 members (excludes halogenated alkanes) is 13. The number of ketones is 1. The Bertz CT molecular complexity index is 1010. The highest BCUT2D eigenvalue weighted by atomic mass is 35.5. The predicted octanol–water partition coefficient (Wildman–Crippen LogP) is 8.47. The monoisotopic (exact) mass is 661 g/mol. The van der Waals surface area contributed by atoms with Gasteiger partial charge in [-0.1, -0.05) is 170 Å². The van der Waals surface area contributed by atoms with Gasteiger partial charge in [0.25, 0.3) is 0 Å². The van der Waals surface area contributed by atoms with E-state index in [0.717, 1.165) is 24.7 Å². The van der Waals surface area contributed by atoms with Gasteiger partial charge in [-0.3, -0.25) is 10.1 Å². The van der Waals surface area contributed by atoms with E-state index in [4.69, 9.17) is 39.9 Å². The molecule has 9 heteroatoms. The highest BCUT2D eigenvalue weighted by molar-refractivity contribution is 7.80. The van der Waals surface area contributed by atoms with Crippen molar-refractivity contribution >= 4 is 47.1 Å². The molecule has 2 rings (SSSR count). The molecule has 7 nitrogen and oxygen atoms in total. The molecule has 2 unspecified atom stereocenters. The first-order chi connectivity index (χ1) is 21.9. The molecular weight excluding hydrogens is 606 g/mol. The van der Waals surface area contributed by atoms with E-state index in [1.165, 1.54) is 89.9 Å². The van der Waals surface area contributed by atoms with Gasteiger partial charge in [-0.15, -0.1) is 16.8 Å². The number of nitrogens with zero attached hydrogens (tertiary/aromatic N) is 1. The van der Waals surface area contributed by atoms with E-state index in [0.29, 0.717) is 16.8 Å². The fourth-order valence-corrected chi connectivity index (χ4v) is 4.92. The van der Waals surface area contributed by atoms with Gasteiger partial charge in [0, 0.05) is 23.0 Å². The lowest BCUT2D eigenvalue weighted by Crippen LogP contribution is -2.23. The number of nitrogens with two attached hydrogens (primary N) is 1. The van der Waals surface area contributed by atoms with Gasteiger partial charge in [-0.2, -0.15) is 0 Å². The molecule has 0 spiro atoms. The van der Waals surface area contributed by atoms with E-state index < -0.39 is 5.92 Å². The summed E-state index contributed by atoms with van der Waals surface area (Å²) in [5.74, 6) is -1.39. The summed E-state index contributed by atoms with van der Waals surface area (Å²) in [4.78, 5) is 22.5. The first kappa shape index (κ1) is 42.3. The molecule has 2 aromatic rings. The number of benzene rings is 2. The average Bonchev–Trinajstić information content (AvgIpc) is 3.07. The number of carbonyl (C=O) groups is 2. The first-order valence-corrected chi connectivity index (χ1v) is 17.3. The van der Waals surface area contributed by atoms with Crippen LogP contribution in [0.5, 0.6) is 0 Å². The Morgan fingerprint density at radius 3 is 1.67 bits per heavy atom. The van der Waals surface area contributed by atoms with Crippen molar-refractivity contribution < 1.29 is 19.9 Å². The smallest absolute Gasteiger partial charge is 0.178 e. The van der Waals surface area contributed by atoms with Crippen molar-refractivity contribution in [3.8, 4) is 0 Å². The summed E-state index contributed by atoms with van der Waals surface area (Å²) in [5, 5.41) is 22.6. The molecule has 0 aliphatic heterocycles. The summed E-state index contributed by atoms with van der Waals surface area (Å²) >= 11 is 10.9. The average molecular weight is 662 g/mol. The number of aldehydes is 1. The second-order valence-corrected chi connectivity index (χ2v) is 12.0. The third-order valence-electron chi connectivity index (χ3n) is 7.14. The SMILES string of the molecule is CCCCCCCCCCCCCCCCC(Cl)CNCO.NC(=S)c1ccccc1.O=CC(C=NO)C(=O)c1ccccc1. The Morgan fingerprint density at radius 1 is 0.844 bits per heavy atom. The van der Waals surface area contributed by atoms with Crippen LogP contribution in [0.25, 0.3) is 0 Å². The van der Waals surface area contributed by atoms with Crippen molar-refractivity contribution in [3.63, 3.8) is 0 Å². The number of aliphatic hydroxyl groups is 1. The molecule has 45 heavy (non-hydrogen) atoms. The van der Waals surface area contributed by atoms with Gasteiger partial charge in [0.15, 0.2) is 5.78 Å². The Balaban J connectivity index is 0.000000710. The topological polar surface area (TPSA) is 125 Å². The van der Waals surface area contributed by atoms with Crippen LogP contribution in [0.4, 0.5) is 0 Å². The third-order valence-corrected chi connectivity index (χ3v) is 7.75. The lowest BCUT2D eigenvalue weighted by atomic mass is 10.0. The number of carbonyl (C=O) groups excluding carboxylic acids is 2. The van der Waals surface area contributed by atoms with Crippen LogP contribution >= 0.6 is 23.8 Å². The van der Waals surface area contributed by atoms with Crippen molar-refractivity contribution in [3.05, 3.63) is 71.8 Å². The molecule has 0 amide bonds. The van der Waals surface area contributed by atoms with E-state index in [9.17, 15) is 9.59 Å². The summed E-state index contributed by atoms with van der Waals surface area (Å²) in [5.41, 5.74) is 6.69. The maximum atomic E-state index is 11.5. The first-order valence-electron chi connectivity index (χ1n) is 16.4. The number of nitrogens with one attached hydrogen (secondary N) is 1. The number of halogens is 1. The van der Waals surface area contributed by atoms with Gasteiger partial charge in [0.05, 0.1) is 12.9 Å². The largest absolute Gasteiger partial charge is 0.411 e. The number of Topliss-reactive ketones (excluding diaryl/α,β-unsaturated/α-hetero) is 1. The normalized spacial score (nSPS) is 11.9. The standard InChI is InChI=1S/C19H40ClNO.C10H9NO3.C7H7NS/c1-2-3-4-5-6-7-8-9-10-11-12-13-14-15-16-19(20)17-21-18-22;12-7-9(6-11-14)10(13)8-4-2-1-3-5-8;8-7(9)6-4-2-1-3-5-6/h19,21-22H,2-18H2,1H3;1-7,9,14H;1-5H,(H2,8,9). The van der Waals surface area contributed by atoms with Crippen molar-refractivity contribution in [1.82, 2.24) is 5.32 Å².